The fraction of sp³-hybridized carbons (Fsp3) is 0.889. The number of nitrogens with one attached hydrogen (secondary N) is 3. The fourth-order valence-corrected chi connectivity index (χ4v) is 1.32. The molecular weight excluding hydrogens is 306 g/mol. The van der Waals surface area contributed by atoms with Crippen LogP contribution in [-0.2, 0) is 4.74 Å². The summed E-state index contributed by atoms with van der Waals surface area (Å²) in [5, 5.41) is 8.37. The minimum Gasteiger partial charge on any atom is -0.444 e. The van der Waals surface area contributed by atoms with Gasteiger partial charge >= 0.3 is 12.1 Å². The van der Waals surface area contributed by atoms with E-state index in [0.717, 1.165) is 0 Å². The van der Waals surface area contributed by atoms with Crippen molar-refractivity contribution in [3.8, 4) is 0 Å². The summed E-state index contributed by atoms with van der Waals surface area (Å²) in [7, 11) is 0. The average molecular weight is 346 g/mol. The zero-order valence-corrected chi connectivity index (χ0v) is 17.7. The van der Waals surface area contributed by atoms with Gasteiger partial charge in [-0.05, 0) is 83.1 Å². The van der Waals surface area contributed by atoms with Crippen LogP contribution in [0, 0.1) is 0 Å². The first-order valence-electron chi connectivity index (χ1n) is 8.32. The smallest absolute Gasteiger partial charge is 0.408 e. The van der Waals surface area contributed by atoms with Gasteiger partial charge in [0.25, 0.3) is 0 Å². The van der Waals surface area contributed by atoms with Crippen LogP contribution >= 0.6 is 0 Å². The monoisotopic (exact) mass is 345 g/mol. The lowest BCUT2D eigenvalue weighted by Crippen LogP contribution is -2.52. The molecule has 144 valence electrons. The molecule has 3 N–H and O–H groups in total. The second-order valence-electron chi connectivity index (χ2n) is 9.96. The lowest BCUT2D eigenvalue weighted by atomic mass is 10.1. The minimum atomic E-state index is -0.421. The number of urea groups is 1. The Morgan fingerprint density at radius 3 is 1.08 bits per heavy atom. The summed E-state index contributed by atoms with van der Waals surface area (Å²) in [6.45, 7) is 23.0. The summed E-state index contributed by atoms with van der Waals surface area (Å²) in [4.78, 5) is 22.4. The molecule has 0 radical (unpaired) electrons. The Hall–Kier alpha value is -1.46. The molecule has 3 amide bonds. The molecule has 0 heterocycles. The Morgan fingerprint density at radius 1 is 0.583 bits per heavy atom. The number of alkyl carbamates (subject to hydrolysis) is 1. The average Bonchev–Trinajstić information content (AvgIpc) is 2.02. The summed E-state index contributed by atoms with van der Waals surface area (Å²) >= 11 is 0. The third kappa shape index (κ3) is 22.8. The summed E-state index contributed by atoms with van der Waals surface area (Å²) < 4.78 is 5.06. The van der Waals surface area contributed by atoms with Crippen LogP contribution in [0.1, 0.15) is 83.1 Å². The highest BCUT2D eigenvalue weighted by atomic mass is 16.6. The van der Waals surface area contributed by atoms with Gasteiger partial charge in [-0.2, -0.15) is 0 Å². The first-order chi connectivity index (χ1) is 10.2. The second kappa shape index (κ2) is 8.58. The standard InChI is InChI=1S/C9H20N2O.C9H19NO2/c1-8(2,3)10-7(12)11-9(4,5)6;1-8(2,3)10-7(11)12-9(4,5)6/h1-6H3,(H2,10,11,12);1-6H3,(H,10,11). The molecule has 0 aromatic heterocycles. The predicted molar refractivity (Wildman–Crippen MR) is 100 cm³/mol. The van der Waals surface area contributed by atoms with Crippen molar-refractivity contribution in [2.24, 2.45) is 0 Å². The van der Waals surface area contributed by atoms with E-state index in [9.17, 15) is 9.59 Å². The summed E-state index contributed by atoms with van der Waals surface area (Å²) in [6.07, 6.45) is -0.366. The van der Waals surface area contributed by atoms with Crippen molar-refractivity contribution in [2.45, 2.75) is 105 Å². The van der Waals surface area contributed by atoms with Crippen molar-refractivity contribution in [1.82, 2.24) is 16.0 Å². The quantitative estimate of drug-likeness (QED) is 0.616. The predicted octanol–water partition coefficient (Wildman–Crippen LogP) is 4.19. The Balaban J connectivity index is 0. The van der Waals surface area contributed by atoms with Crippen molar-refractivity contribution >= 4 is 12.1 Å². The molecule has 0 atom stereocenters. The zero-order chi connectivity index (χ0) is 20.0. The molecule has 0 fully saturated rings. The van der Waals surface area contributed by atoms with E-state index in [1.165, 1.54) is 0 Å². The Bertz CT molecular complexity index is 329. The number of amides is 3. The SMILES string of the molecule is CC(C)(C)NC(=O)NC(C)(C)C.CC(C)(C)NC(=O)OC(C)(C)C. The van der Waals surface area contributed by atoms with Gasteiger partial charge in [-0.3, -0.25) is 0 Å². The van der Waals surface area contributed by atoms with Crippen LogP contribution in [0.5, 0.6) is 0 Å². The van der Waals surface area contributed by atoms with E-state index < -0.39 is 5.60 Å². The van der Waals surface area contributed by atoms with Gasteiger partial charge in [-0.1, -0.05) is 0 Å². The Kier molecular flexibility index (Phi) is 8.86. The third-order valence-corrected chi connectivity index (χ3v) is 1.85. The molecule has 0 aromatic carbocycles. The number of hydrogen-bond donors (Lipinski definition) is 3. The molecule has 6 heteroatoms. The van der Waals surface area contributed by atoms with Crippen LogP contribution in [-0.4, -0.2) is 34.3 Å². The molecule has 0 aliphatic rings. The number of carbonyl (C=O) groups excluding carboxylic acids is 2. The van der Waals surface area contributed by atoms with Crippen LogP contribution in [0.4, 0.5) is 9.59 Å². The highest BCUT2D eigenvalue weighted by molar-refractivity contribution is 5.75. The maximum absolute atomic E-state index is 11.3. The summed E-state index contributed by atoms with van der Waals surface area (Å²) in [5.41, 5.74) is -0.998. The molecule has 0 aliphatic carbocycles. The Morgan fingerprint density at radius 2 is 0.875 bits per heavy atom. The van der Waals surface area contributed by atoms with Gasteiger partial charge in [0.2, 0.25) is 0 Å². The molecule has 0 saturated carbocycles. The van der Waals surface area contributed by atoms with Crippen LogP contribution < -0.4 is 16.0 Å². The summed E-state index contributed by atoms with van der Waals surface area (Å²) in [6, 6.07) is -0.116. The molecule has 0 aliphatic heterocycles. The highest BCUT2D eigenvalue weighted by Gasteiger charge is 2.20. The number of hydrogen-bond acceptors (Lipinski definition) is 3. The van der Waals surface area contributed by atoms with Gasteiger partial charge in [0.15, 0.2) is 0 Å². The molecule has 0 spiro atoms. The van der Waals surface area contributed by atoms with Crippen molar-refractivity contribution in [1.29, 1.82) is 0 Å². The summed E-state index contributed by atoms with van der Waals surface area (Å²) in [5.74, 6) is 0. The fourth-order valence-electron chi connectivity index (χ4n) is 1.32. The molecular formula is C18H39N3O3. The maximum atomic E-state index is 11.3. The topological polar surface area (TPSA) is 79.5 Å². The van der Waals surface area contributed by atoms with E-state index in [2.05, 4.69) is 16.0 Å². The van der Waals surface area contributed by atoms with Gasteiger partial charge in [0.1, 0.15) is 5.60 Å². The van der Waals surface area contributed by atoms with Gasteiger partial charge in [-0.15, -0.1) is 0 Å². The second-order valence-corrected chi connectivity index (χ2v) is 9.96. The van der Waals surface area contributed by atoms with Crippen LogP contribution in [0.15, 0.2) is 0 Å². The normalized spacial score (nSPS) is 12.5. The minimum absolute atomic E-state index is 0.116. The van der Waals surface area contributed by atoms with E-state index in [1.54, 1.807) is 0 Å². The van der Waals surface area contributed by atoms with Gasteiger partial charge < -0.3 is 20.7 Å². The number of rotatable bonds is 0. The van der Waals surface area contributed by atoms with Crippen LogP contribution in [0.2, 0.25) is 0 Å². The van der Waals surface area contributed by atoms with E-state index in [0.29, 0.717) is 0 Å². The van der Waals surface area contributed by atoms with Gasteiger partial charge in [-0.25, -0.2) is 9.59 Å². The lowest BCUT2D eigenvalue weighted by Gasteiger charge is -2.26. The van der Waals surface area contributed by atoms with Crippen molar-refractivity contribution in [3.05, 3.63) is 0 Å². The molecule has 0 saturated heterocycles. The first kappa shape index (κ1) is 24.8. The number of ether oxygens (including phenoxy) is 1. The highest BCUT2D eigenvalue weighted by Crippen LogP contribution is 2.08. The van der Waals surface area contributed by atoms with Crippen molar-refractivity contribution in [3.63, 3.8) is 0 Å². The van der Waals surface area contributed by atoms with E-state index in [1.807, 2.05) is 83.1 Å². The van der Waals surface area contributed by atoms with Crippen LogP contribution in [0.25, 0.3) is 0 Å². The van der Waals surface area contributed by atoms with Crippen LogP contribution in [0.3, 0.4) is 0 Å². The first-order valence-corrected chi connectivity index (χ1v) is 8.32. The molecule has 6 nitrogen and oxygen atoms in total. The molecule has 0 bridgehead atoms. The third-order valence-electron chi connectivity index (χ3n) is 1.85. The molecule has 0 aromatic rings. The number of carbonyl (C=O) groups is 2. The zero-order valence-electron chi connectivity index (χ0n) is 17.7. The van der Waals surface area contributed by atoms with Crippen molar-refractivity contribution in [2.75, 3.05) is 0 Å². The van der Waals surface area contributed by atoms with Crippen molar-refractivity contribution < 1.29 is 14.3 Å². The Labute approximate surface area is 148 Å². The lowest BCUT2D eigenvalue weighted by molar-refractivity contribution is 0.0480. The van der Waals surface area contributed by atoms with Gasteiger partial charge in [0, 0.05) is 16.6 Å². The molecule has 24 heavy (non-hydrogen) atoms. The maximum Gasteiger partial charge on any atom is 0.408 e. The van der Waals surface area contributed by atoms with E-state index in [-0.39, 0.29) is 28.7 Å². The molecule has 0 unspecified atom stereocenters. The van der Waals surface area contributed by atoms with Gasteiger partial charge in [0.05, 0.1) is 0 Å². The largest absolute Gasteiger partial charge is 0.444 e. The van der Waals surface area contributed by atoms with E-state index in [4.69, 9.17) is 4.74 Å². The van der Waals surface area contributed by atoms with E-state index >= 15 is 0 Å². The molecule has 0 rings (SSSR count).